The summed E-state index contributed by atoms with van der Waals surface area (Å²) < 4.78 is 40.7. The number of pyridine rings is 1. The molecule has 3 rings (SSSR count). The fourth-order valence-electron chi connectivity index (χ4n) is 3.02. The van der Waals surface area contributed by atoms with Gasteiger partial charge in [-0.05, 0) is 42.7 Å². The predicted octanol–water partition coefficient (Wildman–Crippen LogP) is 3.01. The van der Waals surface area contributed by atoms with E-state index in [1.165, 1.54) is 34.8 Å². The molecule has 0 spiro atoms. The second-order valence-electron chi connectivity index (χ2n) is 5.64. The van der Waals surface area contributed by atoms with Crippen LogP contribution in [0.2, 0.25) is 0 Å². The molecule has 1 aliphatic heterocycles. The van der Waals surface area contributed by atoms with Gasteiger partial charge in [-0.25, -0.2) is 17.8 Å². The number of piperidine rings is 1. The summed E-state index contributed by atoms with van der Waals surface area (Å²) >= 11 is 0. The van der Waals surface area contributed by atoms with Gasteiger partial charge in [-0.1, -0.05) is 18.6 Å². The number of hydrogen-bond acceptors (Lipinski definition) is 4. The lowest BCUT2D eigenvalue weighted by atomic mass is 9.97. The van der Waals surface area contributed by atoms with Crippen molar-refractivity contribution in [3.8, 4) is 6.07 Å². The van der Waals surface area contributed by atoms with Gasteiger partial charge in [-0.3, -0.25) is 0 Å². The molecule has 1 aromatic heterocycles. The van der Waals surface area contributed by atoms with Gasteiger partial charge in [0.25, 0.3) is 0 Å². The molecular weight excluding hydrogens is 329 g/mol. The molecule has 1 atom stereocenters. The number of aromatic nitrogens is 1. The molecule has 0 amide bonds. The number of nitriles is 1. The maximum atomic E-state index is 13.2. The van der Waals surface area contributed by atoms with Crippen molar-refractivity contribution in [2.24, 2.45) is 0 Å². The minimum atomic E-state index is -3.86. The van der Waals surface area contributed by atoms with E-state index in [1.54, 1.807) is 12.1 Å². The minimum Gasteiger partial charge on any atom is -0.244 e. The van der Waals surface area contributed by atoms with E-state index in [9.17, 15) is 12.8 Å². The Balaban J connectivity index is 2.04. The topological polar surface area (TPSA) is 74.1 Å². The maximum Gasteiger partial charge on any atom is 0.246 e. The van der Waals surface area contributed by atoms with Crippen molar-refractivity contribution < 1.29 is 12.8 Å². The summed E-state index contributed by atoms with van der Waals surface area (Å²) in [5.41, 5.74) is 0.642. The molecule has 0 radical (unpaired) electrons. The summed E-state index contributed by atoms with van der Waals surface area (Å²) in [4.78, 5) is 3.77. The van der Waals surface area contributed by atoms with Crippen molar-refractivity contribution in [3.63, 3.8) is 0 Å². The average Bonchev–Trinajstić information content (AvgIpc) is 2.62. The summed E-state index contributed by atoms with van der Waals surface area (Å²) in [6.07, 6.45) is 3.70. The molecule has 1 aromatic carbocycles. The molecule has 0 aliphatic carbocycles. The van der Waals surface area contributed by atoms with Gasteiger partial charge in [0.15, 0.2) is 5.69 Å². The number of hydrogen-bond donors (Lipinski definition) is 0. The van der Waals surface area contributed by atoms with E-state index in [2.05, 4.69) is 4.98 Å². The highest BCUT2D eigenvalue weighted by Gasteiger charge is 2.35. The van der Waals surface area contributed by atoms with Gasteiger partial charge in [-0.2, -0.15) is 9.57 Å². The summed E-state index contributed by atoms with van der Waals surface area (Å²) in [7, 11) is -3.86. The van der Waals surface area contributed by atoms with Gasteiger partial charge in [0.1, 0.15) is 16.8 Å². The molecule has 1 aliphatic rings. The van der Waals surface area contributed by atoms with E-state index in [4.69, 9.17) is 5.26 Å². The van der Waals surface area contributed by atoms with Crippen molar-refractivity contribution in [3.05, 3.63) is 59.7 Å². The highest BCUT2D eigenvalue weighted by atomic mass is 32.2. The van der Waals surface area contributed by atoms with Gasteiger partial charge >= 0.3 is 0 Å². The Bertz CT molecular complexity index is 875. The number of halogens is 1. The highest BCUT2D eigenvalue weighted by molar-refractivity contribution is 7.89. The first kappa shape index (κ1) is 16.6. The van der Waals surface area contributed by atoms with E-state index in [-0.39, 0.29) is 22.4 Å². The number of sulfonamides is 1. The van der Waals surface area contributed by atoms with Gasteiger partial charge in [0.05, 0.1) is 6.04 Å². The summed E-state index contributed by atoms with van der Waals surface area (Å²) in [6.45, 7) is 0.365. The van der Waals surface area contributed by atoms with Crippen LogP contribution < -0.4 is 0 Å². The largest absolute Gasteiger partial charge is 0.246 e. The number of nitrogens with zero attached hydrogens (tertiary/aromatic N) is 3. The van der Waals surface area contributed by atoms with Crippen molar-refractivity contribution in [2.75, 3.05) is 6.54 Å². The number of rotatable bonds is 3. The van der Waals surface area contributed by atoms with Gasteiger partial charge in [-0.15, -0.1) is 0 Å². The standard InChI is InChI=1S/C17H16FN3O2S/c18-14-8-6-13(7-9-14)16-4-1-2-11-21(16)24(22,23)17-5-3-10-20-15(17)12-19/h3,5-10,16H,1-2,4,11H2. The Hall–Kier alpha value is -2.30. The van der Waals surface area contributed by atoms with Crippen LogP contribution in [0.5, 0.6) is 0 Å². The van der Waals surface area contributed by atoms with E-state index in [1.807, 2.05) is 6.07 Å². The lowest BCUT2D eigenvalue weighted by Crippen LogP contribution is -2.38. The molecule has 24 heavy (non-hydrogen) atoms. The molecule has 5 nitrogen and oxygen atoms in total. The molecule has 1 unspecified atom stereocenters. The van der Waals surface area contributed by atoms with Crippen LogP contribution in [0.25, 0.3) is 0 Å². The Morgan fingerprint density at radius 2 is 1.96 bits per heavy atom. The van der Waals surface area contributed by atoms with Crippen molar-refractivity contribution in [1.82, 2.24) is 9.29 Å². The molecule has 0 bridgehead atoms. The maximum absolute atomic E-state index is 13.2. The molecule has 124 valence electrons. The summed E-state index contributed by atoms with van der Waals surface area (Å²) in [6, 6.07) is 10.3. The van der Waals surface area contributed by atoms with Crippen molar-refractivity contribution in [2.45, 2.75) is 30.2 Å². The van der Waals surface area contributed by atoms with Crippen LogP contribution in [0.1, 0.15) is 36.6 Å². The van der Waals surface area contributed by atoms with Crippen LogP contribution in [0, 0.1) is 17.1 Å². The zero-order valence-corrected chi connectivity index (χ0v) is 13.7. The zero-order valence-electron chi connectivity index (χ0n) is 12.9. The minimum absolute atomic E-state index is 0.0819. The van der Waals surface area contributed by atoms with Gasteiger partial charge in [0, 0.05) is 12.7 Å². The second kappa shape index (κ2) is 6.67. The Morgan fingerprint density at radius 3 is 2.67 bits per heavy atom. The second-order valence-corrected chi connectivity index (χ2v) is 7.50. The molecule has 2 heterocycles. The molecule has 1 fully saturated rings. The van der Waals surface area contributed by atoms with E-state index in [0.717, 1.165) is 18.4 Å². The Morgan fingerprint density at radius 1 is 1.21 bits per heavy atom. The quantitative estimate of drug-likeness (QED) is 0.857. The molecule has 2 aromatic rings. The van der Waals surface area contributed by atoms with Gasteiger partial charge < -0.3 is 0 Å². The average molecular weight is 345 g/mol. The van der Waals surface area contributed by atoms with Crippen LogP contribution in [-0.2, 0) is 10.0 Å². The normalized spacial score (nSPS) is 18.9. The van der Waals surface area contributed by atoms with Crippen LogP contribution in [0.15, 0.2) is 47.5 Å². The van der Waals surface area contributed by atoms with E-state index in [0.29, 0.717) is 13.0 Å². The number of benzene rings is 1. The van der Waals surface area contributed by atoms with Crippen LogP contribution >= 0.6 is 0 Å². The lowest BCUT2D eigenvalue weighted by molar-refractivity contribution is 0.255. The molecule has 0 saturated carbocycles. The fourth-order valence-corrected chi connectivity index (χ4v) is 4.80. The molecule has 1 saturated heterocycles. The molecule has 0 N–H and O–H groups in total. The Labute approximate surface area is 140 Å². The monoisotopic (exact) mass is 345 g/mol. The highest BCUT2D eigenvalue weighted by Crippen LogP contribution is 2.35. The SMILES string of the molecule is N#Cc1ncccc1S(=O)(=O)N1CCCCC1c1ccc(F)cc1. The Kier molecular flexibility index (Phi) is 4.60. The van der Waals surface area contributed by atoms with Crippen molar-refractivity contribution in [1.29, 1.82) is 5.26 Å². The predicted molar refractivity (Wildman–Crippen MR) is 85.8 cm³/mol. The zero-order chi connectivity index (χ0) is 17.2. The third kappa shape index (κ3) is 3.03. The van der Waals surface area contributed by atoms with Gasteiger partial charge in [0.2, 0.25) is 10.0 Å². The molecule has 7 heteroatoms. The van der Waals surface area contributed by atoms with Crippen molar-refractivity contribution >= 4 is 10.0 Å². The van der Waals surface area contributed by atoms with E-state index >= 15 is 0 Å². The smallest absolute Gasteiger partial charge is 0.244 e. The first-order valence-corrected chi connectivity index (χ1v) is 9.10. The fraction of sp³-hybridized carbons (Fsp3) is 0.294. The third-order valence-corrected chi connectivity index (χ3v) is 6.11. The van der Waals surface area contributed by atoms with Crippen LogP contribution in [-0.4, -0.2) is 24.3 Å². The lowest BCUT2D eigenvalue weighted by Gasteiger charge is -2.35. The molecular formula is C17H16FN3O2S. The first-order chi connectivity index (χ1) is 11.5. The summed E-state index contributed by atoms with van der Waals surface area (Å²) in [5, 5.41) is 9.16. The summed E-state index contributed by atoms with van der Waals surface area (Å²) in [5.74, 6) is -0.358. The third-order valence-electron chi connectivity index (χ3n) is 4.17. The van der Waals surface area contributed by atoms with Crippen LogP contribution in [0.3, 0.4) is 0 Å². The first-order valence-electron chi connectivity index (χ1n) is 7.66. The van der Waals surface area contributed by atoms with Crippen LogP contribution in [0.4, 0.5) is 4.39 Å². The van der Waals surface area contributed by atoms with E-state index < -0.39 is 10.0 Å².